The summed E-state index contributed by atoms with van der Waals surface area (Å²) in [5.41, 5.74) is 0.507. The lowest BCUT2D eigenvalue weighted by Crippen LogP contribution is -2.16. The van der Waals surface area contributed by atoms with Crippen molar-refractivity contribution in [1.82, 2.24) is 14.8 Å². The number of halogens is 1. The minimum Gasteiger partial charge on any atom is -0.486 e. The van der Waals surface area contributed by atoms with Gasteiger partial charge in [-0.15, -0.1) is 10.2 Å². The van der Waals surface area contributed by atoms with E-state index < -0.39 is 9.84 Å². The molecule has 0 unspecified atom stereocenters. The first-order chi connectivity index (χ1) is 9.97. The molecule has 0 bridgehead atoms. The molecule has 1 aromatic heterocycles. The molecule has 0 fully saturated rings. The third-order valence-electron chi connectivity index (χ3n) is 2.96. The summed E-state index contributed by atoms with van der Waals surface area (Å²) in [6.07, 6.45) is 1.34. The summed E-state index contributed by atoms with van der Waals surface area (Å²) < 4.78 is 36.8. The van der Waals surface area contributed by atoms with Crippen LogP contribution in [0.1, 0.15) is 5.56 Å². The minimum absolute atomic E-state index is 0.0893. The Bertz CT molecular complexity index is 788. The molecule has 1 aliphatic heterocycles. The lowest BCUT2D eigenvalue weighted by atomic mass is 10.2. The van der Waals surface area contributed by atoms with Crippen molar-refractivity contribution in [3.8, 4) is 11.5 Å². The van der Waals surface area contributed by atoms with Crippen LogP contribution in [0.5, 0.6) is 11.5 Å². The Labute approximate surface area is 126 Å². The van der Waals surface area contributed by atoms with Gasteiger partial charge in [0.2, 0.25) is 15.0 Å². The van der Waals surface area contributed by atoms with Gasteiger partial charge in [0.1, 0.15) is 19.5 Å². The van der Waals surface area contributed by atoms with Gasteiger partial charge in [-0.3, -0.25) is 0 Å². The highest BCUT2D eigenvalue weighted by Crippen LogP contribution is 2.38. The van der Waals surface area contributed by atoms with E-state index in [-0.39, 0.29) is 10.9 Å². The van der Waals surface area contributed by atoms with Crippen molar-refractivity contribution in [2.45, 2.75) is 10.9 Å². The molecule has 7 nitrogen and oxygen atoms in total. The fourth-order valence-electron chi connectivity index (χ4n) is 2.09. The molecular formula is C12H12ClN3O4S. The lowest BCUT2D eigenvalue weighted by molar-refractivity contribution is 0.171. The molecule has 0 aliphatic carbocycles. The number of hydrogen-bond donors (Lipinski definition) is 0. The van der Waals surface area contributed by atoms with Gasteiger partial charge >= 0.3 is 0 Å². The van der Waals surface area contributed by atoms with E-state index in [0.29, 0.717) is 35.3 Å². The molecular weight excluding hydrogens is 318 g/mol. The highest BCUT2D eigenvalue weighted by atomic mass is 35.5. The Hall–Kier alpha value is -1.80. The van der Waals surface area contributed by atoms with Gasteiger partial charge in [-0.25, -0.2) is 8.42 Å². The Morgan fingerprint density at radius 2 is 2.10 bits per heavy atom. The van der Waals surface area contributed by atoms with Crippen LogP contribution >= 0.6 is 11.6 Å². The second-order valence-electron chi connectivity index (χ2n) is 4.59. The number of benzene rings is 1. The maximum atomic E-state index is 12.3. The van der Waals surface area contributed by atoms with Crippen LogP contribution in [0, 0.1) is 0 Å². The fraction of sp³-hybridized carbons (Fsp3) is 0.333. The molecule has 2 aromatic rings. The molecule has 0 saturated carbocycles. The quantitative estimate of drug-likeness (QED) is 0.841. The third kappa shape index (κ3) is 2.68. The van der Waals surface area contributed by atoms with E-state index in [2.05, 4.69) is 10.2 Å². The molecule has 0 radical (unpaired) electrons. The Balaban J connectivity index is 1.95. The number of aromatic nitrogens is 3. The minimum atomic E-state index is -3.61. The van der Waals surface area contributed by atoms with Crippen LogP contribution in [0.15, 0.2) is 23.6 Å². The molecule has 21 heavy (non-hydrogen) atoms. The summed E-state index contributed by atoms with van der Waals surface area (Å²) in [5.74, 6) is 0.662. The summed E-state index contributed by atoms with van der Waals surface area (Å²) in [6, 6.07) is 3.18. The summed E-state index contributed by atoms with van der Waals surface area (Å²) in [6.45, 7) is 0.826. The van der Waals surface area contributed by atoms with Gasteiger partial charge in [0.25, 0.3) is 0 Å². The number of nitrogens with zero attached hydrogens (tertiary/aromatic N) is 3. The summed E-state index contributed by atoms with van der Waals surface area (Å²) >= 11 is 6.10. The zero-order valence-corrected chi connectivity index (χ0v) is 12.7. The van der Waals surface area contributed by atoms with Crippen molar-refractivity contribution in [2.24, 2.45) is 7.05 Å². The topological polar surface area (TPSA) is 83.3 Å². The van der Waals surface area contributed by atoms with Crippen molar-refractivity contribution in [2.75, 3.05) is 13.2 Å². The summed E-state index contributed by atoms with van der Waals surface area (Å²) in [7, 11) is -2.04. The van der Waals surface area contributed by atoms with Crippen LogP contribution in [-0.2, 0) is 22.6 Å². The fourth-order valence-corrected chi connectivity index (χ4v) is 3.77. The van der Waals surface area contributed by atoms with Crippen LogP contribution in [0.4, 0.5) is 0 Å². The van der Waals surface area contributed by atoms with Gasteiger partial charge in [-0.1, -0.05) is 11.6 Å². The molecule has 9 heteroatoms. The Morgan fingerprint density at radius 1 is 1.33 bits per heavy atom. The van der Waals surface area contributed by atoms with Gasteiger partial charge in [0.15, 0.2) is 11.5 Å². The molecule has 112 valence electrons. The highest BCUT2D eigenvalue weighted by Gasteiger charge is 2.23. The average Bonchev–Trinajstić information content (AvgIpc) is 2.85. The van der Waals surface area contributed by atoms with Crippen molar-refractivity contribution < 1.29 is 17.9 Å². The van der Waals surface area contributed by atoms with Gasteiger partial charge in [-0.05, 0) is 17.7 Å². The average molecular weight is 330 g/mol. The van der Waals surface area contributed by atoms with Crippen LogP contribution in [-0.4, -0.2) is 36.4 Å². The van der Waals surface area contributed by atoms with Crippen molar-refractivity contribution in [3.63, 3.8) is 0 Å². The summed E-state index contributed by atoms with van der Waals surface area (Å²) in [4.78, 5) is 0. The van der Waals surface area contributed by atoms with Crippen molar-refractivity contribution in [3.05, 3.63) is 29.0 Å². The molecule has 0 spiro atoms. The van der Waals surface area contributed by atoms with Crippen LogP contribution in [0.3, 0.4) is 0 Å². The third-order valence-corrected chi connectivity index (χ3v) is 4.88. The predicted octanol–water partition coefficient (Wildman–Crippen LogP) is 1.21. The van der Waals surface area contributed by atoms with Crippen LogP contribution < -0.4 is 9.47 Å². The number of aryl methyl sites for hydroxylation is 1. The second kappa shape index (κ2) is 5.19. The van der Waals surface area contributed by atoms with Gasteiger partial charge in [0, 0.05) is 7.05 Å². The number of rotatable bonds is 3. The lowest BCUT2D eigenvalue weighted by Gasteiger charge is -2.20. The van der Waals surface area contributed by atoms with Gasteiger partial charge in [-0.2, -0.15) is 0 Å². The Morgan fingerprint density at radius 3 is 2.81 bits per heavy atom. The number of fused-ring (bicyclic) bond motifs is 1. The van der Waals surface area contributed by atoms with Crippen molar-refractivity contribution >= 4 is 21.4 Å². The van der Waals surface area contributed by atoms with E-state index in [9.17, 15) is 8.42 Å². The first-order valence-electron chi connectivity index (χ1n) is 6.12. The molecule has 0 amide bonds. The monoisotopic (exact) mass is 329 g/mol. The largest absolute Gasteiger partial charge is 0.486 e. The number of hydrogen-bond acceptors (Lipinski definition) is 6. The van der Waals surface area contributed by atoms with Gasteiger partial charge < -0.3 is 14.0 Å². The molecule has 1 aliphatic rings. The summed E-state index contributed by atoms with van der Waals surface area (Å²) in [5, 5.41) is 7.45. The van der Waals surface area contributed by atoms with E-state index in [0.717, 1.165) is 0 Å². The zero-order valence-electron chi connectivity index (χ0n) is 11.1. The molecule has 0 N–H and O–H groups in total. The molecule has 3 rings (SSSR count). The van der Waals surface area contributed by atoms with Gasteiger partial charge in [0.05, 0.1) is 10.8 Å². The van der Waals surface area contributed by atoms with E-state index in [1.807, 2.05) is 0 Å². The Kier molecular flexibility index (Phi) is 3.50. The molecule has 2 heterocycles. The number of ether oxygens (including phenoxy) is 2. The SMILES string of the molecule is Cn1cnnc1S(=O)(=O)Cc1cc(Cl)c2c(c1)OCCO2. The first kappa shape index (κ1) is 14.2. The van der Waals surface area contributed by atoms with E-state index >= 15 is 0 Å². The molecule has 1 aromatic carbocycles. The predicted molar refractivity (Wildman–Crippen MR) is 74.3 cm³/mol. The second-order valence-corrected chi connectivity index (χ2v) is 6.88. The van der Waals surface area contributed by atoms with Crippen molar-refractivity contribution in [1.29, 1.82) is 0 Å². The number of sulfone groups is 1. The smallest absolute Gasteiger partial charge is 0.249 e. The molecule has 0 atom stereocenters. The van der Waals surface area contributed by atoms with E-state index in [1.165, 1.54) is 10.9 Å². The maximum absolute atomic E-state index is 12.3. The first-order valence-corrected chi connectivity index (χ1v) is 8.15. The van der Waals surface area contributed by atoms with E-state index in [4.69, 9.17) is 21.1 Å². The van der Waals surface area contributed by atoms with Crippen LogP contribution in [0.25, 0.3) is 0 Å². The molecule has 0 saturated heterocycles. The maximum Gasteiger partial charge on any atom is 0.249 e. The van der Waals surface area contributed by atoms with Crippen LogP contribution in [0.2, 0.25) is 5.02 Å². The highest BCUT2D eigenvalue weighted by molar-refractivity contribution is 7.90. The zero-order chi connectivity index (χ0) is 15.0. The standard InChI is InChI=1S/C12H12ClN3O4S/c1-16-7-14-15-12(16)21(17,18)6-8-4-9(13)11-10(5-8)19-2-3-20-11/h4-5,7H,2-3,6H2,1H3. The normalized spacial score (nSPS) is 14.2. The van der Waals surface area contributed by atoms with E-state index in [1.54, 1.807) is 19.2 Å².